The summed E-state index contributed by atoms with van der Waals surface area (Å²) in [5.74, 6) is 2.29. The van der Waals surface area contributed by atoms with E-state index in [4.69, 9.17) is 4.98 Å². The number of hydrogen-bond donors (Lipinski definition) is 1. The van der Waals surface area contributed by atoms with Gasteiger partial charge in [0.05, 0.1) is 0 Å². The molecule has 2 aromatic rings. The van der Waals surface area contributed by atoms with Crippen molar-refractivity contribution in [1.82, 2.24) is 14.9 Å². The van der Waals surface area contributed by atoms with Gasteiger partial charge in [0.2, 0.25) is 0 Å². The molecule has 1 N–H and O–H groups in total. The fourth-order valence-electron chi connectivity index (χ4n) is 4.01. The summed E-state index contributed by atoms with van der Waals surface area (Å²) in [5, 5.41) is 9.42. The zero-order valence-electron chi connectivity index (χ0n) is 15.4. The largest absolute Gasteiger partial charge is 0.508 e. The van der Waals surface area contributed by atoms with Gasteiger partial charge in [-0.15, -0.1) is 0 Å². The van der Waals surface area contributed by atoms with E-state index in [-0.39, 0.29) is 0 Å². The molecular weight excluding hydrogens is 324 g/mol. The molecule has 5 heteroatoms. The van der Waals surface area contributed by atoms with E-state index in [9.17, 15) is 5.11 Å². The number of fused-ring (bicyclic) bond motifs is 1. The molecule has 0 atom stereocenters. The predicted octanol–water partition coefficient (Wildman–Crippen LogP) is 3.01. The Morgan fingerprint density at radius 2 is 1.77 bits per heavy atom. The Morgan fingerprint density at radius 3 is 2.58 bits per heavy atom. The van der Waals surface area contributed by atoms with Crippen LogP contribution in [0.15, 0.2) is 30.5 Å². The summed E-state index contributed by atoms with van der Waals surface area (Å²) in [6.07, 6.45) is 9.09. The Hall–Kier alpha value is -2.14. The Balaban J connectivity index is 1.36. The molecule has 1 aromatic carbocycles. The first-order valence-corrected chi connectivity index (χ1v) is 9.88. The number of anilines is 1. The van der Waals surface area contributed by atoms with Gasteiger partial charge in [-0.1, -0.05) is 18.6 Å². The number of piperidine rings is 1. The Labute approximate surface area is 155 Å². The van der Waals surface area contributed by atoms with Crippen molar-refractivity contribution in [3.8, 4) is 5.75 Å². The van der Waals surface area contributed by atoms with Crippen LogP contribution in [-0.4, -0.2) is 52.7 Å². The minimum absolute atomic E-state index is 0.295. The summed E-state index contributed by atoms with van der Waals surface area (Å²) in [7, 11) is 0. The summed E-state index contributed by atoms with van der Waals surface area (Å²) >= 11 is 0. The van der Waals surface area contributed by atoms with Crippen molar-refractivity contribution in [3.63, 3.8) is 0 Å². The number of rotatable bonds is 6. The van der Waals surface area contributed by atoms with Gasteiger partial charge in [-0.3, -0.25) is 0 Å². The highest BCUT2D eigenvalue weighted by atomic mass is 16.3. The van der Waals surface area contributed by atoms with Crippen LogP contribution in [0.25, 0.3) is 0 Å². The van der Waals surface area contributed by atoms with Gasteiger partial charge in [-0.05, 0) is 63.0 Å². The second kappa shape index (κ2) is 8.04. The van der Waals surface area contributed by atoms with Crippen LogP contribution in [0.1, 0.15) is 42.6 Å². The van der Waals surface area contributed by atoms with E-state index in [1.165, 1.54) is 50.9 Å². The van der Waals surface area contributed by atoms with Gasteiger partial charge >= 0.3 is 0 Å². The molecule has 0 spiro atoms. The first-order valence-electron chi connectivity index (χ1n) is 9.88. The lowest BCUT2D eigenvalue weighted by atomic mass is 10.1. The zero-order chi connectivity index (χ0) is 17.8. The number of hydrogen-bond acceptors (Lipinski definition) is 5. The molecule has 3 heterocycles. The van der Waals surface area contributed by atoms with E-state index in [0.29, 0.717) is 12.2 Å². The van der Waals surface area contributed by atoms with Crippen molar-refractivity contribution in [1.29, 1.82) is 0 Å². The van der Waals surface area contributed by atoms with Crippen molar-refractivity contribution in [3.05, 3.63) is 47.4 Å². The van der Waals surface area contributed by atoms with Gasteiger partial charge in [-0.2, -0.15) is 0 Å². The zero-order valence-corrected chi connectivity index (χ0v) is 15.4. The lowest BCUT2D eigenvalue weighted by Crippen LogP contribution is -2.33. The molecular formula is C21H28N4O. The lowest BCUT2D eigenvalue weighted by molar-refractivity contribution is 0.227. The second-order valence-electron chi connectivity index (χ2n) is 7.47. The Bertz CT molecular complexity index is 725. The number of phenolic OH excluding ortho intramolecular Hbond substituents is 1. The van der Waals surface area contributed by atoms with Crippen LogP contribution in [-0.2, 0) is 12.8 Å². The van der Waals surface area contributed by atoms with E-state index >= 15 is 0 Å². The van der Waals surface area contributed by atoms with Gasteiger partial charge in [-0.25, -0.2) is 9.97 Å². The van der Waals surface area contributed by atoms with Gasteiger partial charge in [0, 0.05) is 31.3 Å². The molecule has 138 valence electrons. The maximum absolute atomic E-state index is 9.42. The van der Waals surface area contributed by atoms with E-state index < -0.39 is 0 Å². The molecule has 0 bridgehead atoms. The number of aromatic hydroxyl groups is 1. The van der Waals surface area contributed by atoms with Gasteiger partial charge < -0.3 is 14.9 Å². The van der Waals surface area contributed by atoms with Crippen LogP contribution >= 0.6 is 0 Å². The molecule has 5 nitrogen and oxygen atoms in total. The molecule has 0 radical (unpaired) electrons. The van der Waals surface area contributed by atoms with E-state index in [1.54, 1.807) is 12.1 Å². The number of likely N-dealkylation sites (tertiary alicyclic amines) is 1. The van der Waals surface area contributed by atoms with Gasteiger partial charge in [0.1, 0.15) is 17.4 Å². The number of nitrogens with zero attached hydrogens (tertiary/aromatic N) is 4. The molecule has 1 fully saturated rings. The fourth-order valence-corrected chi connectivity index (χ4v) is 4.01. The second-order valence-corrected chi connectivity index (χ2v) is 7.47. The SMILES string of the molecule is Oc1ccc(Cc2ncc3c(n2)N(CCCN2CCCCC2)CC3)cc1. The monoisotopic (exact) mass is 352 g/mol. The summed E-state index contributed by atoms with van der Waals surface area (Å²) in [5.41, 5.74) is 2.40. The number of aromatic nitrogens is 2. The summed E-state index contributed by atoms with van der Waals surface area (Å²) in [4.78, 5) is 14.4. The quantitative estimate of drug-likeness (QED) is 0.866. The van der Waals surface area contributed by atoms with E-state index in [0.717, 1.165) is 36.7 Å². The van der Waals surface area contributed by atoms with Crippen LogP contribution in [0.3, 0.4) is 0 Å². The normalized spacial score (nSPS) is 17.5. The van der Waals surface area contributed by atoms with Crippen molar-refractivity contribution in [2.45, 2.75) is 38.5 Å². The molecule has 0 aliphatic carbocycles. The number of phenols is 1. The van der Waals surface area contributed by atoms with E-state index in [2.05, 4.69) is 14.8 Å². The highest BCUT2D eigenvalue weighted by Crippen LogP contribution is 2.26. The van der Waals surface area contributed by atoms with Crippen LogP contribution in [0.5, 0.6) is 5.75 Å². The molecule has 1 saturated heterocycles. The Kier molecular flexibility index (Phi) is 5.34. The average molecular weight is 352 g/mol. The third-order valence-corrected chi connectivity index (χ3v) is 5.49. The van der Waals surface area contributed by atoms with Crippen LogP contribution < -0.4 is 4.90 Å². The molecule has 2 aliphatic rings. The summed E-state index contributed by atoms with van der Waals surface area (Å²) < 4.78 is 0. The standard InChI is InChI=1S/C21H28N4O/c26-19-7-5-17(6-8-19)15-20-22-16-18-9-14-25(21(18)23-20)13-4-12-24-10-2-1-3-11-24/h5-8,16,26H,1-4,9-15H2. The van der Waals surface area contributed by atoms with Crippen molar-refractivity contribution in [2.75, 3.05) is 37.6 Å². The maximum Gasteiger partial charge on any atom is 0.135 e. The summed E-state index contributed by atoms with van der Waals surface area (Å²) in [6, 6.07) is 7.30. The minimum Gasteiger partial charge on any atom is -0.508 e. The highest BCUT2D eigenvalue weighted by Gasteiger charge is 2.21. The molecule has 0 amide bonds. The highest BCUT2D eigenvalue weighted by molar-refractivity contribution is 5.51. The number of benzene rings is 1. The fraction of sp³-hybridized carbons (Fsp3) is 0.524. The minimum atomic E-state index is 0.295. The van der Waals surface area contributed by atoms with Gasteiger partial charge in [0.25, 0.3) is 0 Å². The summed E-state index contributed by atoms with van der Waals surface area (Å²) in [6.45, 7) is 5.90. The van der Waals surface area contributed by atoms with Crippen LogP contribution in [0, 0.1) is 0 Å². The molecule has 4 rings (SSSR count). The molecule has 26 heavy (non-hydrogen) atoms. The molecule has 1 aromatic heterocycles. The molecule has 0 saturated carbocycles. The smallest absolute Gasteiger partial charge is 0.135 e. The van der Waals surface area contributed by atoms with E-state index in [1.807, 2.05) is 18.3 Å². The van der Waals surface area contributed by atoms with Crippen molar-refractivity contribution >= 4 is 5.82 Å². The first-order chi connectivity index (χ1) is 12.8. The van der Waals surface area contributed by atoms with Gasteiger partial charge in [0.15, 0.2) is 0 Å². The Morgan fingerprint density at radius 1 is 0.962 bits per heavy atom. The van der Waals surface area contributed by atoms with Crippen molar-refractivity contribution < 1.29 is 5.11 Å². The average Bonchev–Trinajstić information content (AvgIpc) is 3.07. The predicted molar refractivity (Wildman–Crippen MR) is 104 cm³/mol. The topological polar surface area (TPSA) is 52.5 Å². The third kappa shape index (κ3) is 4.15. The lowest BCUT2D eigenvalue weighted by Gasteiger charge is -2.27. The maximum atomic E-state index is 9.42. The molecule has 0 unspecified atom stereocenters. The third-order valence-electron chi connectivity index (χ3n) is 5.49. The van der Waals surface area contributed by atoms with Crippen LogP contribution in [0.2, 0.25) is 0 Å². The molecule has 2 aliphatic heterocycles. The first kappa shape index (κ1) is 17.3. The van der Waals surface area contributed by atoms with Crippen molar-refractivity contribution in [2.24, 2.45) is 0 Å². The van der Waals surface area contributed by atoms with Crippen LogP contribution in [0.4, 0.5) is 5.82 Å².